The van der Waals surface area contributed by atoms with E-state index in [1.807, 2.05) is 0 Å². The first-order valence-corrected chi connectivity index (χ1v) is 11.6. The first kappa shape index (κ1) is 26.3. The van der Waals surface area contributed by atoms with Crippen molar-refractivity contribution in [3.05, 3.63) is 72.9 Å². The maximum Gasteiger partial charge on any atom is 0.330 e. The molecule has 1 saturated heterocycles. The molecule has 0 radical (unpaired) electrons. The van der Waals surface area contributed by atoms with Crippen LogP contribution in [0.1, 0.15) is 30.7 Å². The van der Waals surface area contributed by atoms with Gasteiger partial charge < -0.3 is 24.0 Å². The zero-order valence-corrected chi connectivity index (χ0v) is 19.4. The number of ether oxygens (including phenoxy) is 2. The lowest BCUT2D eigenvalue weighted by Gasteiger charge is -2.29. The van der Waals surface area contributed by atoms with Crippen molar-refractivity contribution in [2.45, 2.75) is 51.5 Å². The highest BCUT2D eigenvalue weighted by Gasteiger charge is 2.42. The minimum Gasteiger partial charge on any atom is -0.756 e. The van der Waals surface area contributed by atoms with E-state index in [1.54, 1.807) is 0 Å². The van der Waals surface area contributed by atoms with Crippen molar-refractivity contribution in [3.8, 4) is 5.75 Å². The predicted molar refractivity (Wildman–Crippen MR) is 115 cm³/mol. The topological polar surface area (TPSA) is 218 Å². The molecular weight excluding hydrogens is 489 g/mol. The lowest BCUT2D eigenvalue weighted by molar-refractivity contribution is -0.252. The molecule has 0 aliphatic carbocycles. The Morgan fingerprint density at radius 3 is 2.74 bits per heavy atom. The van der Waals surface area contributed by atoms with Gasteiger partial charge in [-0.15, -0.1) is 0 Å². The minimum absolute atomic E-state index is 0.112. The van der Waals surface area contributed by atoms with Crippen LogP contribution in [-0.4, -0.2) is 39.1 Å². The number of nitrogens with zero attached hydrogens (tertiary/aromatic N) is 4. The maximum absolute atomic E-state index is 12.2. The van der Waals surface area contributed by atoms with Crippen LogP contribution in [0, 0.1) is 6.92 Å². The summed E-state index contributed by atoms with van der Waals surface area (Å²) in [6, 6.07) is 4.68. The number of carbonyl (C=O) groups excluding carboxylic acids is 1. The molecule has 2 heterocycles. The summed E-state index contributed by atoms with van der Waals surface area (Å²) in [5, 5.41) is 13.8. The van der Waals surface area contributed by atoms with Crippen LogP contribution in [0.2, 0.25) is 0 Å². The van der Waals surface area contributed by atoms with Crippen molar-refractivity contribution in [3.63, 3.8) is 0 Å². The summed E-state index contributed by atoms with van der Waals surface area (Å²) in [6.07, 6.45) is -3.57. The van der Waals surface area contributed by atoms with E-state index in [9.17, 15) is 28.9 Å². The Kier molecular flexibility index (Phi) is 8.25. The number of hydrogen-bond donors (Lipinski definition) is 2. The van der Waals surface area contributed by atoms with Gasteiger partial charge in [-0.1, -0.05) is 17.2 Å². The van der Waals surface area contributed by atoms with Gasteiger partial charge in [-0.05, 0) is 30.2 Å². The predicted octanol–water partition coefficient (Wildman–Crippen LogP) is 0.757. The molecule has 1 aliphatic heterocycles. The highest BCUT2D eigenvalue weighted by Crippen LogP contribution is 2.43. The van der Waals surface area contributed by atoms with Crippen LogP contribution in [0.4, 0.5) is 0 Å². The Morgan fingerprint density at radius 2 is 2.11 bits per heavy atom. The molecule has 3 unspecified atom stereocenters. The number of phosphoric acid groups is 1. The molecule has 16 heteroatoms. The third kappa shape index (κ3) is 6.87. The number of aliphatic hydroxyl groups excluding tert-OH is 1. The van der Waals surface area contributed by atoms with E-state index < -0.39 is 56.3 Å². The Bertz CT molecular complexity index is 1290. The van der Waals surface area contributed by atoms with Crippen molar-refractivity contribution in [2.75, 3.05) is 0 Å². The van der Waals surface area contributed by atoms with E-state index >= 15 is 0 Å². The second-order valence-corrected chi connectivity index (χ2v) is 8.86. The quantitative estimate of drug-likeness (QED) is 0.0917. The van der Waals surface area contributed by atoms with Crippen LogP contribution in [0.3, 0.4) is 0 Å². The fourth-order valence-electron chi connectivity index (χ4n) is 3.28. The summed E-state index contributed by atoms with van der Waals surface area (Å²) >= 11 is 0. The molecule has 0 spiro atoms. The average molecular weight is 510 g/mol. The summed E-state index contributed by atoms with van der Waals surface area (Å²) in [7, 11) is -5.08. The van der Waals surface area contributed by atoms with Gasteiger partial charge in [-0.2, -0.15) is 0 Å². The molecule has 1 fully saturated rings. The normalized spacial score (nSPS) is 22.1. The number of phosphoric ester groups is 1. The third-order valence-electron chi connectivity index (χ3n) is 4.89. The average Bonchev–Trinajstić information content (AvgIpc) is 3.19. The Labute approximate surface area is 197 Å². The molecule has 0 saturated carbocycles. The minimum atomic E-state index is -5.08. The van der Waals surface area contributed by atoms with Crippen molar-refractivity contribution in [1.29, 1.82) is 0 Å². The molecule has 1 aliphatic rings. The number of H-pyrrole nitrogens is 1. The number of carbonyl (C=O) groups is 1. The van der Waals surface area contributed by atoms with Crippen molar-refractivity contribution in [2.24, 2.45) is 5.11 Å². The number of rotatable bonds is 9. The largest absolute Gasteiger partial charge is 0.756 e. The van der Waals surface area contributed by atoms with Crippen LogP contribution in [0.5, 0.6) is 5.75 Å². The van der Waals surface area contributed by atoms with Gasteiger partial charge in [0, 0.05) is 30.0 Å². The van der Waals surface area contributed by atoms with E-state index in [-0.39, 0.29) is 17.7 Å². The zero-order valence-electron chi connectivity index (χ0n) is 18.5. The number of aromatic amines is 1. The smallest absolute Gasteiger partial charge is 0.330 e. The highest BCUT2D eigenvalue weighted by atomic mass is 31.2. The number of aryl methyl sites for hydroxylation is 1. The third-order valence-corrected chi connectivity index (χ3v) is 5.80. The van der Waals surface area contributed by atoms with Gasteiger partial charge >= 0.3 is 11.7 Å². The Hall–Kier alpha value is -3.29. The number of esters is 1. The SMILES string of the molecule is CC(=O)Oc1ccc(COP(=O)([O-])OC(O)[C@H]2O[C@@H](n3cc(C)c(=O)[nH]c3=O)CC2N=[N+]=[N-])cc1. The van der Waals surface area contributed by atoms with Gasteiger partial charge in [0.05, 0.1) is 12.6 Å². The molecule has 35 heavy (non-hydrogen) atoms. The molecule has 15 nitrogen and oxygen atoms in total. The van der Waals surface area contributed by atoms with Crippen LogP contribution in [0.15, 0.2) is 45.2 Å². The van der Waals surface area contributed by atoms with Gasteiger partial charge in [0.15, 0.2) is 6.29 Å². The molecule has 2 aromatic rings. The van der Waals surface area contributed by atoms with E-state index in [4.69, 9.17) is 19.5 Å². The van der Waals surface area contributed by atoms with Crippen molar-refractivity contribution >= 4 is 13.8 Å². The monoisotopic (exact) mass is 510 g/mol. The lowest BCUT2D eigenvalue weighted by Crippen LogP contribution is -2.37. The molecule has 0 bridgehead atoms. The van der Waals surface area contributed by atoms with Crippen LogP contribution in [0.25, 0.3) is 10.4 Å². The number of aromatic nitrogens is 2. The van der Waals surface area contributed by atoms with Crippen molar-refractivity contribution < 1.29 is 37.9 Å². The van der Waals surface area contributed by atoms with Gasteiger partial charge in [0.25, 0.3) is 13.4 Å². The number of hydrogen-bond acceptors (Lipinski definition) is 11. The molecule has 188 valence electrons. The molecule has 5 atom stereocenters. The summed E-state index contributed by atoms with van der Waals surface area (Å²) in [6.45, 7) is 2.24. The summed E-state index contributed by atoms with van der Waals surface area (Å²) in [5.41, 5.74) is 8.02. The van der Waals surface area contributed by atoms with E-state index in [0.29, 0.717) is 5.56 Å². The summed E-state index contributed by atoms with van der Waals surface area (Å²) < 4.78 is 33.1. The second-order valence-electron chi connectivity index (χ2n) is 7.50. The number of nitrogens with one attached hydrogen (secondary N) is 1. The molecule has 1 aromatic heterocycles. The standard InChI is InChI=1S/C19H22N5O10P/c1-10-8-24(19(28)21-17(10)26)15-7-14(22-23-20)16(33-15)18(27)34-35(29,30)31-9-12-3-5-13(6-4-12)32-11(2)25/h3-6,8,14-16,18,27H,7,9H2,1-2H3,(H,29,30)(H,21,26,28)/p-1/t14?,15-,16+,18?/m1/s1. The summed E-state index contributed by atoms with van der Waals surface area (Å²) in [4.78, 5) is 51.7. The van der Waals surface area contributed by atoms with Crippen LogP contribution < -0.4 is 20.9 Å². The molecule has 3 rings (SSSR count). The first-order valence-electron chi connectivity index (χ1n) is 10.1. The number of azide groups is 1. The van der Waals surface area contributed by atoms with Gasteiger partial charge in [0.1, 0.15) is 18.1 Å². The number of aliphatic hydroxyl groups is 1. The Balaban J connectivity index is 1.67. The molecule has 1 aromatic carbocycles. The number of benzene rings is 1. The fourth-order valence-corrected chi connectivity index (χ4v) is 4.03. The Morgan fingerprint density at radius 1 is 1.43 bits per heavy atom. The van der Waals surface area contributed by atoms with E-state index in [2.05, 4.69) is 19.5 Å². The van der Waals surface area contributed by atoms with Gasteiger partial charge in [-0.3, -0.25) is 28.2 Å². The zero-order chi connectivity index (χ0) is 25.8. The van der Waals surface area contributed by atoms with Crippen LogP contribution in [-0.2, 0) is 29.8 Å². The fraction of sp³-hybridized carbons (Fsp3) is 0.421. The lowest BCUT2D eigenvalue weighted by atomic mass is 10.1. The van der Waals surface area contributed by atoms with E-state index in [0.717, 1.165) is 4.57 Å². The molecular formula is C19H21N5O10P-. The maximum atomic E-state index is 12.2. The van der Waals surface area contributed by atoms with Crippen LogP contribution >= 0.6 is 7.82 Å². The highest BCUT2D eigenvalue weighted by molar-refractivity contribution is 7.45. The van der Waals surface area contributed by atoms with Crippen molar-refractivity contribution in [1.82, 2.24) is 9.55 Å². The van der Waals surface area contributed by atoms with Gasteiger partial charge in [-0.25, -0.2) is 4.79 Å². The van der Waals surface area contributed by atoms with E-state index in [1.165, 1.54) is 44.3 Å². The summed E-state index contributed by atoms with van der Waals surface area (Å²) in [5.74, 6) is -0.261. The molecule has 2 N–H and O–H groups in total. The second kappa shape index (κ2) is 11.0. The molecule has 0 amide bonds. The van der Waals surface area contributed by atoms with Gasteiger partial charge in [0.2, 0.25) is 0 Å². The first-order chi connectivity index (χ1) is 16.5.